The van der Waals surface area contributed by atoms with Crippen LogP contribution in [-0.4, -0.2) is 28.6 Å². The highest BCUT2D eigenvalue weighted by Gasteiger charge is 2.23. The first kappa shape index (κ1) is 13.6. The molecule has 0 spiro atoms. The summed E-state index contributed by atoms with van der Waals surface area (Å²) in [4.78, 5) is 17.4. The van der Waals surface area contributed by atoms with Gasteiger partial charge < -0.3 is 15.7 Å². The molecule has 1 saturated carbocycles. The molecule has 1 aliphatic rings. The summed E-state index contributed by atoms with van der Waals surface area (Å²) in [5, 5.41) is 8.94. The van der Waals surface area contributed by atoms with Gasteiger partial charge in [-0.05, 0) is 25.8 Å². The van der Waals surface area contributed by atoms with Crippen molar-refractivity contribution in [3.8, 4) is 0 Å². The molecule has 0 unspecified atom stereocenters. The average Bonchev–Trinajstić information content (AvgIpc) is 2.42. The number of hydrogen-bond donors (Lipinski definition) is 2. The van der Waals surface area contributed by atoms with Gasteiger partial charge in [0.25, 0.3) is 0 Å². The first-order valence-corrected chi connectivity index (χ1v) is 6.89. The van der Waals surface area contributed by atoms with E-state index in [4.69, 9.17) is 10.8 Å². The molecule has 0 aromatic carbocycles. The minimum Gasteiger partial charge on any atom is -0.478 e. The van der Waals surface area contributed by atoms with Crippen LogP contribution in [-0.2, 0) is 0 Å². The zero-order valence-electron chi connectivity index (χ0n) is 11.3. The van der Waals surface area contributed by atoms with E-state index < -0.39 is 5.97 Å². The normalized spacial score (nSPS) is 16.3. The second-order valence-corrected chi connectivity index (χ2v) is 5.02. The lowest BCUT2D eigenvalue weighted by atomic mass is 9.94. The first-order chi connectivity index (χ1) is 9.13. The van der Waals surface area contributed by atoms with E-state index in [0.717, 1.165) is 25.2 Å². The van der Waals surface area contributed by atoms with E-state index in [0.29, 0.717) is 11.7 Å². The van der Waals surface area contributed by atoms with Crippen LogP contribution in [0.15, 0.2) is 12.3 Å². The van der Waals surface area contributed by atoms with Gasteiger partial charge in [0.1, 0.15) is 0 Å². The first-order valence-electron chi connectivity index (χ1n) is 6.89. The molecule has 2 rings (SSSR count). The number of aromatic carboxylic acids is 1. The van der Waals surface area contributed by atoms with Crippen molar-refractivity contribution in [3.63, 3.8) is 0 Å². The maximum absolute atomic E-state index is 10.9. The molecule has 1 fully saturated rings. The number of carboxylic acids is 1. The van der Waals surface area contributed by atoms with Crippen molar-refractivity contribution in [1.29, 1.82) is 0 Å². The van der Waals surface area contributed by atoms with Crippen LogP contribution in [0.5, 0.6) is 0 Å². The SMILES string of the molecule is CCN(c1ncc(C(=O)O)cc1N)C1CCCCC1. The van der Waals surface area contributed by atoms with Gasteiger partial charge in [-0.1, -0.05) is 19.3 Å². The topological polar surface area (TPSA) is 79.5 Å². The molecule has 0 radical (unpaired) electrons. The largest absolute Gasteiger partial charge is 0.478 e. The Kier molecular flexibility index (Phi) is 4.24. The van der Waals surface area contributed by atoms with Gasteiger partial charge in [-0.3, -0.25) is 0 Å². The highest BCUT2D eigenvalue weighted by Crippen LogP contribution is 2.29. The van der Waals surface area contributed by atoms with E-state index >= 15 is 0 Å². The van der Waals surface area contributed by atoms with E-state index in [-0.39, 0.29) is 5.56 Å². The molecule has 5 nitrogen and oxygen atoms in total. The predicted molar refractivity (Wildman–Crippen MR) is 75.5 cm³/mol. The predicted octanol–water partition coefficient (Wildman–Crippen LogP) is 2.52. The third-order valence-corrected chi connectivity index (χ3v) is 3.77. The minimum absolute atomic E-state index is 0.140. The van der Waals surface area contributed by atoms with Crippen molar-refractivity contribution >= 4 is 17.5 Å². The summed E-state index contributed by atoms with van der Waals surface area (Å²) < 4.78 is 0. The molecule has 0 bridgehead atoms. The molecule has 0 atom stereocenters. The van der Waals surface area contributed by atoms with Crippen molar-refractivity contribution in [2.24, 2.45) is 0 Å². The van der Waals surface area contributed by atoms with E-state index in [1.165, 1.54) is 31.5 Å². The van der Waals surface area contributed by atoms with Gasteiger partial charge in [-0.15, -0.1) is 0 Å². The van der Waals surface area contributed by atoms with Crippen LogP contribution in [0.25, 0.3) is 0 Å². The molecule has 19 heavy (non-hydrogen) atoms. The third kappa shape index (κ3) is 2.97. The molecule has 5 heteroatoms. The molecule has 1 aromatic heterocycles. The van der Waals surface area contributed by atoms with Gasteiger partial charge in [-0.2, -0.15) is 0 Å². The number of carbonyl (C=O) groups is 1. The van der Waals surface area contributed by atoms with Crippen molar-refractivity contribution in [1.82, 2.24) is 4.98 Å². The Labute approximate surface area is 113 Å². The molecule has 104 valence electrons. The molecule has 0 amide bonds. The van der Waals surface area contributed by atoms with Crippen LogP contribution in [0.3, 0.4) is 0 Å². The number of carboxylic acid groups (broad SMARTS) is 1. The van der Waals surface area contributed by atoms with Crippen LogP contribution in [0.1, 0.15) is 49.4 Å². The highest BCUT2D eigenvalue weighted by atomic mass is 16.4. The van der Waals surface area contributed by atoms with Crippen LogP contribution in [0.2, 0.25) is 0 Å². The molecule has 0 aliphatic heterocycles. The zero-order valence-corrected chi connectivity index (χ0v) is 11.3. The maximum Gasteiger partial charge on any atom is 0.337 e. The fraction of sp³-hybridized carbons (Fsp3) is 0.571. The minimum atomic E-state index is -0.994. The van der Waals surface area contributed by atoms with Crippen molar-refractivity contribution in [2.45, 2.75) is 45.1 Å². The summed E-state index contributed by atoms with van der Waals surface area (Å²) in [6.45, 7) is 2.93. The second-order valence-electron chi connectivity index (χ2n) is 5.02. The third-order valence-electron chi connectivity index (χ3n) is 3.77. The van der Waals surface area contributed by atoms with Crippen LogP contribution in [0.4, 0.5) is 11.5 Å². The lowest BCUT2D eigenvalue weighted by Gasteiger charge is -2.35. The zero-order chi connectivity index (χ0) is 13.8. The number of aromatic nitrogens is 1. The smallest absolute Gasteiger partial charge is 0.337 e. The Bertz CT molecular complexity index is 456. The molecule has 0 saturated heterocycles. The molecule has 3 N–H and O–H groups in total. The fourth-order valence-electron chi connectivity index (χ4n) is 2.81. The summed E-state index contributed by atoms with van der Waals surface area (Å²) in [5.41, 5.74) is 6.57. The van der Waals surface area contributed by atoms with Crippen LogP contribution in [0, 0.1) is 0 Å². The Morgan fingerprint density at radius 2 is 2.16 bits per heavy atom. The average molecular weight is 263 g/mol. The summed E-state index contributed by atoms with van der Waals surface area (Å²) in [6, 6.07) is 1.97. The van der Waals surface area contributed by atoms with Gasteiger partial charge in [0.15, 0.2) is 5.82 Å². The standard InChI is InChI=1S/C14H21N3O2/c1-2-17(11-6-4-3-5-7-11)13-12(15)8-10(9-16-13)14(18)19/h8-9,11H,2-7,15H2,1H3,(H,18,19). The maximum atomic E-state index is 10.9. The molecule has 1 aromatic rings. The summed E-state index contributed by atoms with van der Waals surface area (Å²) in [6.07, 6.45) is 7.50. The van der Waals surface area contributed by atoms with Crippen LogP contribution < -0.4 is 10.6 Å². The molecular formula is C14H21N3O2. The van der Waals surface area contributed by atoms with Gasteiger partial charge in [0.05, 0.1) is 11.3 Å². The van der Waals surface area contributed by atoms with E-state index in [1.807, 2.05) is 0 Å². The van der Waals surface area contributed by atoms with Gasteiger partial charge >= 0.3 is 5.97 Å². The van der Waals surface area contributed by atoms with Crippen molar-refractivity contribution in [2.75, 3.05) is 17.2 Å². The summed E-state index contributed by atoms with van der Waals surface area (Å²) >= 11 is 0. The van der Waals surface area contributed by atoms with E-state index in [9.17, 15) is 4.79 Å². The monoisotopic (exact) mass is 263 g/mol. The molecular weight excluding hydrogens is 242 g/mol. The van der Waals surface area contributed by atoms with E-state index in [1.54, 1.807) is 0 Å². The van der Waals surface area contributed by atoms with Crippen LogP contribution >= 0.6 is 0 Å². The Hall–Kier alpha value is -1.78. The van der Waals surface area contributed by atoms with Crippen molar-refractivity contribution in [3.05, 3.63) is 17.8 Å². The Morgan fingerprint density at radius 1 is 1.47 bits per heavy atom. The summed E-state index contributed by atoms with van der Waals surface area (Å²) in [5.74, 6) is -0.272. The number of anilines is 2. The van der Waals surface area contributed by atoms with E-state index in [2.05, 4.69) is 16.8 Å². The van der Waals surface area contributed by atoms with Gasteiger partial charge in [0, 0.05) is 18.8 Å². The Balaban J connectivity index is 2.24. The Morgan fingerprint density at radius 3 is 2.68 bits per heavy atom. The lowest BCUT2D eigenvalue weighted by Crippen LogP contribution is -2.37. The van der Waals surface area contributed by atoms with Crippen molar-refractivity contribution < 1.29 is 9.90 Å². The highest BCUT2D eigenvalue weighted by molar-refractivity contribution is 5.89. The number of rotatable bonds is 4. The fourth-order valence-corrected chi connectivity index (χ4v) is 2.81. The lowest BCUT2D eigenvalue weighted by molar-refractivity contribution is 0.0696. The molecule has 1 heterocycles. The number of hydrogen-bond acceptors (Lipinski definition) is 4. The molecule has 1 aliphatic carbocycles. The number of nitrogens with zero attached hydrogens (tertiary/aromatic N) is 2. The number of nitrogens with two attached hydrogens (primary N) is 1. The second kappa shape index (κ2) is 5.91. The van der Waals surface area contributed by atoms with Gasteiger partial charge in [0.2, 0.25) is 0 Å². The number of pyridine rings is 1. The summed E-state index contributed by atoms with van der Waals surface area (Å²) in [7, 11) is 0. The number of nitrogen functional groups attached to an aromatic ring is 1. The quantitative estimate of drug-likeness (QED) is 0.872. The van der Waals surface area contributed by atoms with Gasteiger partial charge in [-0.25, -0.2) is 9.78 Å².